The third-order valence-corrected chi connectivity index (χ3v) is 6.54. The molecule has 0 amide bonds. The summed E-state index contributed by atoms with van der Waals surface area (Å²) < 4.78 is 13.4. The molecule has 2 nitrogen and oxygen atoms in total. The van der Waals surface area contributed by atoms with Gasteiger partial charge in [-0.15, -0.1) is 0 Å². The van der Waals surface area contributed by atoms with Gasteiger partial charge in [-0.25, -0.2) is 4.39 Å². The SMILES string of the molecule is CN1CCN(C2CC(c3ccc(F)cc3)c3cc(Cl)ccc32)CC1(C)C. The fourth-order valence-electron chi connectivity index (χ4n) is 4.53. The minimum absolute atomic E-state index is 0.165. The quantitative estimate of drug-likeness (QED) is 0.725. The van der Waals surface area contributed by atoms with Crippen LogP contribution >= 0.6 is 11.6 Å². The molecule has 0 N–H and O–H groups in total. The third kappa shape index (κ3) is 3.17. The van der Waals surface area contributed by atoms with E-state index in [4.69, 9.17) is 11.6 Å². The highest BCUT2D eigenvalue weighted by Gasteiger charge is 2.40. The van der Waals surface area contributed by atoms with E-state index in [1.165, 1.54) is 16.7 Å². The minimum atomic E-state index is -0.185. The van der Waals surface area contributed by atoms with Crippen LogP contribution in [0.4, 0.5) is 4.39 Å². The molecule has 1 fully saturated rings. The zero-order valence-electron chi connectivity index (χ0n) is 15.7. The van der Waals surface area contributed by atoms with Crippen molar-refractivity contribution in [2.45, 2.75) is 37.8 Å². The molecular weight excluding hydrogens is 347 g/mol. The van der Waals surface area contributed by atoms with Crippen LogP contribution in [0.3, 0.4) is 0 Å². The molecule has 4 heteroatoms. The average Bonchev–Trinajstić information content (AvgIpc) is 2.96. The molecule has 2 unspecified atom stereocenters. The van der Waals surface area contributed by atoms with Crippen LogP contribution < -0.4 is 0 Å². The number of piperazine rings is 1. The molecule has 1 aliphatic heterocycles. The van der Waals surface area contributed by atoms with Crippen molar-refractivity contribution < 1.29 is 4.39 Å². The third-order valence-electron chi connectivity index (χ3n) is 6.30. The molecule has 26 heavy (non-hydrogen) atoms. The molecule has 2 aliphatic rings. The van der Waals surface area contributed by atoms with E-state index in [0.717, 1.165) is 31.1 Å². The number of hydrogen-bond donors (Lipinski definition) is 0. The lowest BCUT2D eigenvalue weighted by Crippen LogP contribution is -2.58. The lowest BCUT2D eigenvalue weighted by atomic mass is 9.93. The average molecular weight is 373 g/mol. The zero-order valence-corrected chi connectivity index (χ0v) is 16.4. The summed E-state index contributed by atoms with van der Waals surface area (Å²) in [6.07, 6.45) is 1.03. The summed E-state index contributed by atoms with van der Waals surface area (Å²) in [6, 6.07) is 13.6. The zero-order chi connectivity index (χ0) is 18.5. The lowest BCUT2D eigenvalue weighted by molar-refractivity contribution is 0.0158. The van der Waals surface area contributed by atoms with Crippen LogP contribution in [0.2, 0.25) is 5.02 Å². The van der Waals surface area contributed by atoms with Crippen molar-refractivity contribution in [3.8, 4) is 0 Å². The first-order chi connectivity index (χ1) is 12.3. The number of halogens is 2. The highest BCUT2D eigenvalue weighted by atomic mass is 35.5. The van der Waals surface area contributed by atoms with Crippen molar-refractivity contribution in [2.24, 2.45) is 0 Å². The van der Waals surface area contributed by atoms with Gasteiger partial charge in [0.05, 0.1) is 0 Å². The molecule has 0 aromatic heterocycles. The molecule has 4 rings (SSSR count). The fraction of sp³-hybridized carbons (Fsp3) is 0.455. The van der Waals surface area contributed by atoms with E-state index in [1.54, 1.807) is 12.1 Å². The first-order valence-electron chi connectivity index (χ1n) is 9.35. The van der Waals surface area contributed by atoms with E-state index >= 15 is 0 Å². The topological polar surface area (TPSA) is 6.48 Å². The van der Waals surface area contributed by atoms with E-state index in [2.05, 4.69) is 42.8 Å². The molecular formula is C22H26ClFN2. The monoisotopic (exact) mass is 372 g/mol. The van der Waals surface area contributed by atoms with Gasteiger partial charge in [-0.05, 0) is 68.3 Å². The predicted octanol–water partition coefficient (Wildman–Crippen LogP) is 5.08. The van der Waals surface area contributed by atoms with Crippen molar-refractivity contribution >= 4 is 11.6 Å². The molecule has 1 saturated heterocycles. The second-order valence-electron chi connectivity index (χ2n) is 8.33. The van der Waals surface area contributed by atoms with Crippen molar-refractivity contribution in [3.05, 3.63) is 70.0 Å². The van der Waals surface area contributed by atoms with E-state index in [0.29, 0.717) is 6.04 Å². The standard InChI is InChI=1S/C22H26ClFN2/c1-22(2)14-26(11-10-25(22)3)21-13-19(15-4-7-17(24)8-5-15)20-12-16(23)6-9-18(20)21/h4-9,12,19,21H,10-11,13-14H2,1-3H3. The van der Waals surface area contributed by atoms with Gasteiger partial charge >= 0.3 is 0 Å². The van der Waals surface area contributed by atoms with Gasteiger partial charge in [0, 0.05) is 42.2 Å². The summed E-state index contributed by atoms with van der Waals surface area (Å²) in [4.78, 5) is 5.06. The Morgan fingerprint density at radius 2 is 1.77 bits per heavy atom. The Labute approximate surface area is 160 Å². The Balaban J connectivity index is 1.69. The van der Waals surface area contributed by atoms with Crippen LogP contribution in [0.25, 0.3) is 0 Å². The molecule has 2 aromatic carbocycles. The summed E-state index contributed by atoms with van der Waals surface area (Å²) in [5.41, 5.74) is 4.01. The number of fused-ring (bicyclic) bond motifs is 1. The predicted molar refractivity (Wildman–Crippen MR) is 105 cm³/mol. The number of likely N-dealkylation sites (N-methyl/N-ethyl adjacent to an activating group) is 1. The Hall–Kier alpha value is -1.42. The smallest absolute Gasteiger partial charge is 0.123 e. The lowest BCUT2D eigenvalue weighted by Gasteiger charge is -2.47. The molecule has 0 spiro atoms. The molecule has 2 atom stereocenters. The first kappa shape index (κ1) is 18.0. The van der Waals surface area contributed by atoms with Gasteiger partial charge < -0.3 is 0 Å². The highest BCUT2D eigenvalue weighted by Crippen LogP contribution is 2.48. The number of benzene rings is 2. The largest absolute Gasteiger partial charge is 0.299 e. The van der Waals surface area contributed by atoms with Gasteiger partial charge in [0.2, 0.25) is 0 Å². The number of hydrogen-bond acceptors (Lipinski definition) is 2. The van der Waals surface area contributed by atoms with Gasteiger partial charge in [-0.3, -0.25) is 9.80 Å². The number of rotatable bonds is 2. The van der Waals surface area contributed by atoms with Crippen molar-refractivity contribution in [1.82, 2.24) is 9.80 Å². The van der Waals surface area contributed by atoms with Gasteiger partial charge in [0.1, 0.15) is 5.82 Å². The number of nitrogens with zero attached hydrogens (tertiary/aromatic N) is 2. The van der Waals surface area contributed by atoms with E-state index in [9.17, 15) is 4.39 Å². The van der Waals surface area contributed by atoms with Crippen LogP contribution in [0, 0.1) is 5.82 Å². The summed E-state index contributed by atoms with van der Waals surface area (Å²) in [5.74, 6) is 0.0903. The van der Waals surface area contributed by atoms with Crippen LogP contribution in [0.5, 0.6) is 0 Å². The van der Waals surface area contributed by atoms with E-state index in [1.807, 2.05) is 18.2 Å². The molecule has 1 heterocycles. The van der Waals surface area contributed by atoms with Gasteiger partial charge in [0.15, 0.2) is 0 Å². The van der Waals surface area contributed by atoms with Crippen molar-refractivity contribution in [3.63, 3.8) is 0 Å². The highest BCUT2D eigenvalue weighted by molar-refractivity contribution is 6.30. The summed E-state index contributed by atoms with van der Waals surface area (Å²) in [7, 11) is 2.21. The van der Waals surface area contributed by atoms with E-state index in [-0.39, 0.29) is 17.3 Å². The first-order valence-corrected chi connectivity index (χ1v) is 9.73. The summed E-state index contributed by atoms with van der Waals surface area (Å²) in [6.45, 7) is 7.82. The second kappa shape index (κ2) is 6.63. The van der Waals surface area contributed by atoms with Gasteiger partial charge in [0.25, 0.3) is 0 Å². The maximum absolute atomic E-state index is 13.4. The summed E-state index contributed by atoms with van der Waals surface area (Å²) >= 11 is 6.32. The molecule has 138 valence electrons. The normalized spacial score (nSPS) is 26.0. The van der Waals surface area contributed by atoms with Crippen LogP contribution in [0.1, 0.15) is 48.9 Å². The summed E-state index contributed by atoms with van der Waals surface area (Å²) in [5, 5.41) is 0.773. The van der Waals surface area contributed by atoms with Crippen LogP contribution in [-0.2, 0) is 0 Å². The van der Waals surface area contributed by atoms with Crippen LogP contribution in [-0.4, -0.2) is 42.0 Å². The molecule has 0 saturated carbocycles. The van der Waals surface area contributed by atoms with Crippen molar-refractivity contribution in [1.29, 1.82) is 0 Å². The van der Waals surface area contributed by atoms with Crippen LogP contribution in [0.15, 0.2) is 42.5 Å². The maximum atomic E-state index is 13.4. The Morgan fingerprint density at radius 1 is 1.04 bits per heavy atom. The van der Waals surface area contributed by atoms with Crippen molar-refractivity contribution in [2.75, 3.05) is 26.7 Å². The Morgan fingerprint density at radius 3 is 2.46 bits per heavy atom. The maximum Gasteiger partial charge on any atom is 0.123 e. The van der Waals surface area contributed by atoms with E-state index < -0.39 is 0 Å². The van der Waals surface area contributed by atoms with Gasteiger partial charge in [-0.2, -0.15) is 0 Å². The Kier molecular flexibility index (Phi) is 4.58. The molecule has 0 radical (unpaired) electrons. The minimum Gasteiger partial charge on any atom is -0.299 e. The Bertz CT molecular complexity index is 802. The molecule has 1 aliphatic carbocycles. The van der Waals surface area contributed by atoms with Gasteiger partial charge in [-0.1, -0.05) is 29.8 Å². The molecule has 2 aromatic rings. The molecule has 0 bridgehead atoms. The second-order valence-corrected chi connectivity index (χ2v) is 8.77. The fourth-order valence-corrected chi connectivity index (χ4v) is 4.71.